The first-order valence-electron chi connectivity index (χ1n) is 7.03. The molecular weight excluding hydrogens is 325 g/mol. The normalized spacial score (nSPS) is 14.9. The number of hydrogen-bond donors (Lipinski definition) is 0. The maximum atomic E-state index is 5.99. The molecule has 2 aliphatic rings. The Morgan fingerprint density at radius 1 is 0.952 bits per heavy atom. The van der Waals surface area contributed by atoms with Crippen molar-refractivity contribution in [2.75, 3.05) is 11.6 Å². The number of fused-ring (bicyclic) bond motifs is 2. The van der Waals surface area contributed by atoms with Gasteiger partial charge in [0.1, 0.15) is 5.75 Å². The van der Waals surface area contributed by atoms with Crippen LogP contribution in [0.2, 0.25) is 0 Å². The van der Waals surface area contributed by atoms with Crippen molar-refractivity contribution in [2.24, 2.45) is 0 Å². The van der Waals surface area contributed by atoms with E-state index in [4.69, 9.17) is 4.74 Å². The molecule has 2 aliphatic heterocycles. The maximum absolute atomic E-state index is 5.99. The van der Waals surface area contributed by atoms with Crippen molar-refractivity contribution >= 4 is 54.4 Å². The van der Waals surface area contributed by atoms with Crippen molar-refractivity contribution in [3.63, 3.8) is 0 Å². The molecule has 2 nitrogen and oxygen atoms in total. The van der Waals surface area contributed by atoms with E-state index in [2.05, 4.69) is 75.3 Å². The van der Waals surface area contributed by atoms with E-state index in [1.807, 2.05) is 0 Å². The molecule has 0 atom stereocenters. The van der Waals surface area contributed by atoms with E-state index in [1.54, 1.807) is 0 Å². The third-order valence-electron chi connectivity index (χ3n) is 4.40. The third kappa shape index (κ3) is 1.43. The van der Waals surface area contributed by atoms with Crippen LogP contribution >= 0.6 is 15.8 Å². The minimum atomic E-state index is 0.232. The van der Waals surface area contributed by atoms with Crippen LogP contribution in [0, 0.1) is 0 Å². The summed E-state index contributed by atoms with van der Waals surface area (Å²) in [6, 6.07) is 19.2. The van der Waals surface area contributed by atoms with Crippen LogP contribution in [0.15, 0.2) is 54.6 Å². The summed E-state index contributed by atoms with van der Waals surface area (Å²) in [4.78, 5) is 2.29. The van der Waals surface area contributed by atoms with Crippen molar-refractivity contribution < 1.29 is 4.74 Å². The molecule has 0 saturated heterocycles. The molecule has 0 radical (unpaired) electrons. The Hall–Kier alpha value is -1.94. The minimum Gasteiger partial charge on any atom is -0.472 e. The molecule has 0 aromatic heterocycles. The van der Waals surface area contributed by atoms with Crippen LogP contribution in [0.25, 0.3) is 10.8 Å². The monoisotopic (exact) mass is 335 g/mol. The van der Waals surface area contributed by atoms with Gasteiger partial charge in [-0.15, -0.1) is 15.8 Å². The van der Waals surface area contributed by atoms with Gasteiger partial charge < -0.3 is 9.64 Å². The molecule has 3 aromatic rings. The Morgan fingerprint density at radius 2 is 1.86 bits per heavy atom. The van der Waals surface area contributed by atoms with Gasteiger partial charge in [-0.25, -0.2) is 0 Å². The predicted molar refractivity (Wildman–Crippen MR) is 92.0 cm³/mol. The molecule has 0 bridgehead atoms. The summed E-state index contributed by atoms with van der Waals surface area (Å²) in [5.41, 5.74) is 5.36. The van der Waals surface area contributed by atoms with E-state index in [9.17, 15) is 0 Å². The molecule has 3 aromatic carbocycles. The second-order valence-electron chi connectivity index (χ2n) is 5.48. The first-order valence-corrected chi connectivity index (χ1v) is 7.95. The molecule has 0 saturated carbocycles. The van der Waals surface area contributed by atoms with E-state index < -0.39 is 0 Å². The Balaban J connectivity index is 1.93. The van der Waals surface area contributed by atoms with E-state index in [0.29, 0.717) is 6.73 Å². The van der Waals surface area contributed by atoms with Crippen molar-refractivity contribution in [1.82, 2.24) is 0 Å². The van der Waals surface area contributed by atoms with Crippen LogP contribution < -0.4 is 20.6 Å². The van der Waals surface area contributed by atoms with Gasteiger partial charge in [0.2, 0.25) is 0 Å². The summed E-state index contributed by atoms with van der Waals surface area (Å²) in [6.45, 7) is 0.569. The van der Waals surface area contributed by atoms with Gasteiger partial charge in [-0.2, -0.15) is 0 Å². The fraction of sp³-hybridized carbons (Fsp3) is 0.0588. The topological polar surface area (TPSA) is 12.5 Å². The number of benzene rings is 3. The van der Waals surface area contributed by atoms with Gasteiger partial charge in [0.25, 0.3) is 5.54 Å². The van der Waals surface area contributed by atoms with Crippen LogP contribution in [0.4, 0.5) is 11.4 Å². The van der Waals surface area contributed by atoms with Crippen LogP contribution in [-0.4, -0.2) is 12.3 Å². The van der Waals surface area contributed by atoms with Crippen molar-refractivity contribution in [3.8, 4) is 5.75 Å². The zero-order chi connectivity index (χ0) is 14.0. The summed E-state index contributed by atoms with van der Waals surface area (Å²) in [5, 5.41) is 2.45. The molecule has 0 amide bonds. The van der Waals surface area contributed by atoms with E-state index in [1.165, 1.54) is 33.1 Å². The average molecular weight is 336 g/mol. The number of hydrogen-bond acceptors (Lipinski definition) is 2. The van der Waals surface area contributed by atoms with E-state index >= 15 is 0 Å². The lowest BCUT2D eigenvalue weighted by atomic mass is 9.59. The summed E-state index contributed by atoms with van der Waals surface area (Å²) in [7, 11) is 0. The summed E-state index contributed by atoms with van der Waals surface area (Å²) < 4.78 is 5.99. The first-order chi connectivity index (χ1) is 10.3. The highest BCUT2D eigenvalue weighted by molar-refractivity contribution is 9.25. The summed E-state index contributed by atoms with van der Waals surface area (Å²) in [6.07, 6.45) is 0. The molecular formula is C17H11BBrNO. The van der Waals surface area contributed by atoms with E-state index in [0.717, 1.165) is 5.75 Å². The van der Waals surface area contributed by atoms with Crippen molar-refractivity contribution in [1.29, 1.82) is 0 Å². The summed E-state index contributed by atoms with van der Waals surface area (Å²) in [5.74, 6) is 0.986. The Kier molecular flexibility index (Phi) is 2.25. The highest BCUT2D eigenvalue weighted by Gasteiger charge is 2.35. The van der Waals surface area contributed by atoms with E-state index in [-0.39, 0.29) is 5.54 Å². The van der Waals surface area contributed by atoms with Crippen molar-refractivity contribution in [2.45, 2.75) is 0 Å². The maximum Gasteiger partial charge on any atom is 0.291 e. The van der Waals surface area contributed by atoms with Gasteiger partial charge >= 0.3 is 0 Å². The zero-order valence-corrected chi connectivity index (χ0v) is 12.8. The molecule has 100 valence electrons. The lowest BCUT2D eigenvalue weighted by molar-refractivity contribution is 0.325. The standard InChI is InChI=1S/C17H11BBrNO/c19-18-12-5-1-2-6-14(12)20-10-21-15-7-3-4-11-8-9-13(18)17(20)16(11)15/h1-9H,10H2. The molecule has 0 fully saturated rings. The highest BCUT2D eigenvalue weighted by atomic mass is 79.9. The van der Waals surface area contributed by atoms with Crippen LogP contribution in [-0.2, 0) is 0 Å². The van der Waals surface area contributed by atoms with Gasteiger partial charge in [-0.1, -0.05) is 42.5 Å². The van der Waals surface area contributed by atoms with Gasteiger partial charge in [0.05, 0.1) is 5.69 Å². The number of rotatable bonds is 0. The smallest absolute Gasteiger partial charge is 0.291 e. The Labute approximate surface area is 131 Å². The quantitative estimate of drug-likeness (QED) is 0.585. The van der Waals surface area contributed by atoms with Crippen LogP contribution in [0.3, 0.4) is 0 Å². The lowest BCUT2D eigenvalue weighted by Crippen LogP contribution is -2.49. The van der Waals surface area contributed by atoms with Gasteiger partial charge in [0.15, 0.2) is 6.73 Å². The fourth-order valence-electron chi connectivity index (χ4n) is 3.46. The second kappa shape index (κ2) is 4.04. The molecule has 21 heavy (non-hydrogen) atoms. The molecule has 0 aliphatic carbocycles. The largest absolute Gasteiger partial charge is 0.472 e. The van der Waals surface area contributed by atoms with Crippen molar-refractivity contribution in [3.05, 3.63) is 54.6 Å². The second-order valence-corrected chi connectivity index (χ2v) is 6.40. The molecule has 5 rings (SSSR count). The number of anilines is 2. The Morgan fingerprint density at radius 3 is 2.81 bits per heavy atom. The number of para-hydroxylation sites is 1. The first kappa shape index (κ1) is 11.7. The predicted octanol–water partition coefficient (Wildman–Crippen LogP) is 3.14. The van der Waals surface area contributed by atoms with Gasteiger partial charge in [-0.3, -0.25) is 0 Å². The minimum absolute atomic E-state index is 0.232. The third-order valence-corrected chi connectivity index (χ3v) is 5.39. The lowest BCUT2D eigenvalue weighted by Gasteiger charge is -2.38. The van der Waals surface area contributed by atoms with Crippen LogP contribution in [0.1, 0.15) is 0 Å². The molecule has 0 unspecified atom stereocenters. The highest BCUT2D eigenvalue weighted by Crippen LogP contribution is 2.42. The fourth-order valence-corrected chi connectivity index (χ4v) is 4.22. The Bertz CT molecular complexity index is 895. The van der Waals surface area contributed by atoms with Gasteiger partial charge in [-0.05, 0) is 28.4 Å². The number of halogens is 1. The average Bonchev–Trinajstić information content (AvgIpc) is 2.55. The number of ether oxygens (including phenoxy) is 1. The van der Waals surface area contributed by atoms with Crippen LogP contribution in [0.5, 0.6) is 5.75 Å². The molecule has 4 heteroatoms. The SMILES string of the molecule is BrB1c2ccccc2N2COc3cccc4ccc1c2c34. The molecule has 0 spiro atoms. The molecule has 2 heterocycles. The zero-order valence-electron chi connectivity index (χ0n) is 11.2. The summed E-state index contributed by atoms with van der Waals surface area (Å²) >= 11 is 3.88. The molecule has 0 N–H and O–H groups in total. The number of nitrogens with zero attached hydrogens (tertiary/aromatic N) is 1. The van der Waals surface area contributed by atoms with Gasteiger partial charge in [0, 0.05) is 11.1 Å².